The van der Waals surface area contributed by atoms with Gasteiger partial charge in [0.2, 0.25) is 0 Å². The van der Waals surface area contributed by atoms with Gasteiger partial charge in [0.1, 0.15) is 23.1 Å². The smallest absolute Gasteiger partial charge is 0.258 e. The fraction of sp³-hybridized carbons (Fsp3) is 0.0909. The van der Waals surface area contributed by atoms with Crippen LogP contribution in [0.3, 0.4) is 0 Å². The maximum atomic E-state index is 14.0. The molecular weight excluding hydrogens is 394 g/mol. The lowest BCUT2D eigenvalue weighted by atomic mass is 10.0. The van der Waals surface area contributed by atoms with E-state index in [1.54, 1.807) is 31.2 Å². The van der Waals surface area contributed by atoms with Crippen LogP contribution in [0.1, 0.15) is 39.2 Å². The number of para-hydroxylation sites is 1. The van der Waals surface area contributed by atoms with Crippen LogP contribution in [-0.2, 0) is 0 Å². The van der Waals surface area contributed by atoms with Crippen LogP contribution in [0.15, 0.2) is 60.7 Å². The SMILES string of the molecule is CC(NC(=O)c1ccc(O)cc1F)c1ccccc1NC(=O)c1ccc(O)cc1F. The molecule has 0 aliphatic rings. The van der Waals surface area contributed by atoms with Crippen molar-refractivity contribution >= 4 is 17.5 Å². The largest absolute Gasteiger partial charge is 0.508 e. The standard InChI is InChI=1S/C22H18F2N2O4/c1-12(25-21(29)16-8-6-13(27)10-18(16)23)15-4-2-3-5-20(15)26-22(30)17-9-7-14(28)11-19(17)24/h2-12,27-28H,1H3,(H,25,29)(H,26,30). The van der Waals surface area contributed by atoms with E-state index >= 15 is 0 Å². The van der Waals surface area contributed by atoms with Gasteiger partial charge in [0, 0.05) is 17.8 Å². The molecule has 0 bridgehead atoms. The summed E-state index contributed by atoms with van der Waals surface area (Å²) in [7, 11) is 0. The van der Waals surface area contributed by atoms with Gasteiger partial charge in [-0.3, -0.25) is 9.59 Å². The number of hydrogen-bond acceptors (Lipinski definition) is 4. The van der Waals surface area contributed by atoms with Crippen LogP contribution in [0.4, 0.5) is 14.5 Å². The second-order valence-electron chi connectivity index (χ2n) is 6.56. The summed E-state index contributed by atoms with van der Waals surface area (Å²) >= 11 is 0. The highest BCUT2D eigenvalue weighted by Crippen LogP contribution is 2.25. The number of phenols is 2. The van der Waals surface area contributed by atoms with Crippen molar-refractivity contribution in [2.45, 2.75) is 13.0 Å². The molecule has 3 aromatic carbocycles. The molecule has 1 atom stereocenters. The third-order valence-electron chi connectivity index (χ3n) is 4.42. The molecule has 8 heteroatoms. The number of benzene rings is 3. The molecule has 6 nitrogen and oxygen atoms in total. The average Bonchev–Trinajstić information content (AvgIpc) is 2.68. The highest BCUT2D eigenvalue weighted by atomic mass is 19.1. The van der Waals surface area contributed by atoms with E-state index in [4.69, 9.17) is 0 Å². The number of amides is 2. The first kappa shape index (κ1) is 20.8. The normalized spacial score (nSPS) is 11.6. The number of phenolic OH excluding ortho intramolecular Hbond substituents is 2. The molecule has 2 amide bonds. The fourth-order valence-electron chi connectivity index (χ4n) is 2.91. The van der Waals surface area contributed by atoms with Crippen molar-refractivity contribution in [3.8, 4) is 11.5 Å². The van der Waals surface area contributed by atoms with Crippen LogP contribution in [0.5, 0.6) is 11.5 Å². The van der Waals surface area contributed by atoms with Gasteiger partial charge in [0.25, 0.3) is 11.8 Å². The maximum absolute atomic E-state index is 14.0. The van der Waals surface area contributed by atoms with Gasteiger partial charge in [-0.2, -0.15) is 0 Å². The predicted molar refractivity (Wildman–Crippen MR) is 106 cm³/mol. The molecule has 1 unspecified atom stereocenters. The summed E-state index contributed by atoms with van der Waals surface area (Å²) in [4.78, 5) is 24.8. The maximum Gasteiger partial charge on any atom is 0.258 e. The summed E-state index contributed by atoms with van der Waals surface area (Å²) in [5.74, 6) is -3.79. The Morgan fingerprint density at radius 3 is 1.93 bits per heavy atom. The Morgan fingerprint density at radius 1 is 0.833 bits per heavy atom. The number of carbonyl (C=O) groups is 2. The number of halogens is 2. The van der Waals surface area contributed by atoms with E-state index in [0.717, 1.165) is 24.3 Å². The fourth-order valence-corrected chi connectivity index (χ4v) is 2.91. The zero-order valence-electron chi connectivity index (χ0n) is 15.8. The van der Waals surface area contributed by atoms with Crippen LogP contribution in [0.25, 0.3) is 0 Å². The molecule has 0 saturated carbocycles. The molecule has 0 radical (unpaired) electrons. The van der Waals surface area contributed by atoms with E-state index in [9.17, 15) is 28.6 Å². The lowest BCUT2D eigenvalue weighted by Gasteiger charge is -2.19. The van der Waals surface area contributed by atoms with Gasteiger partial charge in [-0.05, 0) is 42.8 Å². The van der Waals surface area contributed by atoms with Crippen molar-refractivity contribution in [1.29, 1.82) is 0 Å². The quantitative estimate of drug-likeness (QED) is 0.507. The first-order valence-corrected chi connectivity index (χ1v) is 8.94. The van der Waals surface area contributed by atoms with Crippen molar-refractivity contribution in [3.05, 3.63) is 89.0 Å². The van der Waals surface area contributed by atoms with Crippen molar-refractivity contribution in [2.24, 2.45) is 0 Å². The van der Waals surface area contributed by atoms with Crippen molar-refractivity contribution in [1.82, 2.24) is 5.32 Å². The summed E-state index contributed by atoms with van der Waals surface area (Å²) in [5, 5.41) is 23.8. The van der Waals surface area contributed by atoms with Crippen molar-refractivity contribution < 1.29 is 28.6 Å². The topological polar surface area (TPSA) is 98.7 Å². The van der Waals surface area contributed by atoms with Gasteiger partial charge in [-0.15, -0.1) is 0 Å². The molecule has 0 aromatic heterocycles. The van der Waals surface area contributed by atoms with Gasteiger partial charge in [-0.1, -0.05) is 18.2 Å². The van der Waals surface area contributed by atoms with Gasteiger partial charge in [-0.25, -0.2) is 8.78 Å². The van der Waals surface area contributed by atoms with Gasteiger partial charge in [0.15, 0.2) is 0 Å². The van der Waals surface area contributed by atoms with Crippen molar-refractivity contribution in [2.75, 3.05) is 5.32 Å². The van der Waals surface area contributed by atoms with E-state index in [1.165, 1.54) is 12.1 Å². The second-order valence-corrected chi connectivity index (χ2v) is 6.56. The molecule has 0 saturated heterocycles. The van der Waals surface area contributed by atoms with Crippen LogP contribution >= 0.6 is 0 Å². The first-order valence-electron chi connectivity index (χ1n) is 8.94. The summed E-state index contributed by atoms with van der Waals surface area (Å²) in [6.07, 6.45) is 0. The number of hydrogen-bond donors (Lipinski definition) is 4. The third kappa shape index (κ3) is 4.54. The van der Waals surface area contributed by atoms with Crippen LogP contribution in [0.2, 0.25) is 0 Å². The van der Waals surface area contributed by atoms with Crippen molar-refractivity contribution in [3.63, 3.8) is 0 Å². The minimum atomic E-state index is -0.880. The Hall–Kier alpha value is -3.94. The molecular formula is C22H18F2N2O4. The minimum Gasteiger partial charge on any atom is -0.508 e. The Morgan fingerprint density at radius 2 is 1.37 bits per heavy atom. The Kier molecular flexibility index (Phi) is 5.96. The Labute approximate surface area is 170 Å². The Balaban J connectivity index is 1.80. The monoisotopic (exact) mass is 412 g/mol. The van der Waals surface area contributed by atoms with E-state index in [2.05, 4.69) is 10.6 Å². The van der Waals surface area contributed by atoms with E-state index < -0.39 is 29.5 Å². The minimum absolute atomic E-state index is 0.243. The van der Waals surface area contributed by atoms with E-state index in [1.807, 2.05) is 0 Å². The van der Waals surface area contributed by atoms with Crippen LogP contribution in [0, 0.1) is 11.6 Å². The molecule has 3 rings (SSSR count). The predicted octanol–water partition coefficient (Wildman–Crippen LogP) is 4.12. The molecule has 0 aliphatic carbocycles. The third-order valence-corrected chi connectivity index (χ3v) is 4.42. The molecule has 0 fully saturated rings. The molecule has 154 valence electrons. The number of nitrogens with one attached hydrogen (secondary N) is 2. The van der Waals surface area contributed by atoms with Gasteiger partial charge >= 0.3 is 0 Å². The van der Waals surface area contributed by atoms with Crippen LogP contribution in [-0.4, -0.2) is 22.0 Å². The summed E-state index contributed by atoms with van der Waals surface area (Å²) < 4.78 is 27.9. The summed E-state index contributed by atoms with van der Waals surface area (Å²) in [6.45, 7) is 1.64. The Bertz CT molecular complexity index is 1120. The summed E-state index contributed by atoms with van der Waals surface area (Å²) in [5.41, 5.74) is 0.337. The molecule has 3 aromatic rings. The average molecular weight is 412 g/mol. The zero-order chi connectivity index (χ0) is 21.8. The lowest BCUT2D eigenvalue weighted by Crippen LogP contribution is -2.28. The van der Waals surface area contributed by atoms with E-state index in [-0.39, 0.29) is 22.6 Å². The zero-order valence-corrected chi connectivity index (χ0v) is 15.8. The molecule has 0 spiro atoms. The van der Waals surface area contributed by atoms with Gasteiger partial charge < -0.3 is 20.8 Å². The number of aromatic hydroxyl groups is 2. The molecule has 30 heavy (non-hydrogen) atoms. The second kappa shape index (κ2) is 8.60. The number of carbonyl (C=O) groups excluding carboxylic acids is 2. The number of anilines is 1. The summed E-state index contributed by atoms with van der Waals surface area (Å²) in [6, 6.07) is 12.3. The highest BCUT2D eigenvalue weighted by Gasteiger charge is 2.19. The first-order chi connectivity index (χ1) is 14.3. The molecule has 0 aliphatic heterocycles. The molecule has 4 N–H and O–H groups in total. The van der Waals surface area contributed by atoms with Gasteiger partial charge in [0.05, 0.1) is 17.2 Å². The highest BCUT2D eigenvalue weighted by molar-refractivity contribution is 6.05. The van der Waals surface area contributed by atoms with E-state index in [0.29, 0.717) is 11.3 Å². The lowest BCUT2D eigenvalue weighted by molar-refractivity contribution is 0.0935. The van der Waals surface area contributed by atoms with Crippen LogP contribution < -0.4 is 10.6 Å². The number of rotatable bonds is 5. The molecule has 0 heterocycles.